The van der Waals surface area contributed by atoms with Crippen molar-refractivity contribution < 1.29 is 23.5 Å². The zero-order chi connectivity index (χ0) is 31.2. The molecule has 224 valence electrons. The Bertz CT molecular complexity index is 1810. The molecule has 0 aliphatic carbocycles. The highest BCUT2D eigenvalue weighted by Gasteiger charge is 2.43. The van der Waals surface area contributed by atoms with Crippen LogP contribution in [0, 0.1) is 5.82 Å². The average molecular weight is 616 g/mol. The van der Waals surface area contributed by atoms with Gasteiger partial charge in [-0.05, 0) is 71.3 Å². The fourth-order valence-electron chi connectivity index (χ4n) is 5.31. The largest absolute Gasteiger partial charge is 0.497 e. The van der Waals surface area contributed by atoms with Gasteiger partial charge in [0.25, 0.3) is 5.24 Å². The number of hydrogen-bond acceptors (Lipinski definition) is 5. The van der Waals surface area contributed by atoms with E-state index in [2.05, 4.69) is 0 Å². The number of halogens is 1. The van der Waals surface area contributed by atoms with Crippen molar-refractivity contribution in [1.82, 2.24) is 0 Å². The van der Waals surface area contributed by atoms with Crippen molar-refractivity contribution >= 4 is 28.5 Å². The Morgan fingerprint density at radius 3 is 2.20 bits per heavy atom. The monoisotopic (exact) mass is 615 g/mol. The molecule has 1 aliphatic rings. The van der Waals surface area contributed by atoms with Crippen molar-refractivity contribution in [2.24, 2.45) is 0 Å². The zero-order valence-corrected chi connectivity index (χ0v) is 25.3. The summed E-state index contributed by atoms with van der Waals surface area (Å²) in [6.45, 7) is 0.324. The molecule has 5 nitrogen and oxygen atoms in total. The number of anilines is 1. The molecular formula is C38H30FNO4S. The van der Waals surface area contributed by atoms with Crippen LogP contribution in [-0.4, -0.2) is 23.4 Å². The Balaban J connectivity index is 1.38. The summed E-state index contributed by atoms with van der Waals surface area (Å²) in [5, 5.41) is -0.579. The van der Waals surface area contributed by atoms with Gasteiger partial charge in [-0.15, -0.1) is 0 Å². The lowest BCUT2D eigenvalue weighted by atomic mass is 9.98. The predicted octanol–water partition coefficient (Wildman–Crippen LogP) is 9.30. The first-order valence-corrected chi connectivity index (χ1v) is 15.4. The number of ether oxygens (including phenoxy) is 2. The summed E-state index contributed by atoms with van der Waals surface area (Å²) in [6, 6.07) is 38.3. The van der Waals surface area contributed by atoms with E-state index in [0.29, 0.717) is 23.7 Å². The van der Waals surface area contributed by atoms with Crippen LogP contribution in [0.2, 0.25) is 0 Å². The van der Waals surface area contributed by atoms with E-state index >= 15 is 0 Å². The lowest BCUT2D eigenvalue weighted by Gasteiger charge is -2.28. The van der Waals surface area contributed by atoms with Gasteiger partial charge in [-0.1, -0.05) is 90.6 Å². The minimum Gasteiger partial charge on any atom is -0.497 e. The first kappa shape index (κ1) is 29.9. The Labute approximate surface area is 265 Å². The van der Waals surface area contributed by atoms with Gasteiger partial charge in [0.05, 0.1) is 18.4 Å². The molecule has 1 amide bonds. The smallest absolute Gasteiger partial charge is 0.287 e. The third-order valence-electron chi connectivity index (χ3n) is 7.62. The van der Waals surface area contributed by atoms with Crippen LogP contribution in [0.15, 0.2) is 140 Å². The Morgan fingerprint density at radius 2 is 1.51 bits per heavy atom. The average Bonchev–Trinajstić information content (AvgIpc) is 3.42. The van der Waals surface area contributed by atoms with Gasteiger partial charge in [-0.25, -0.2) is 4.39 Å². The molecule has 5 aromatic rings. The Kier molecular flexibility index (Phi) is 9.08. The molecule has 2 atom stereocenters. The van der Waals surface area contributed by atoms with Gasteiger partial charge in [-0.3, -0.25) is 14.5 Å². The van der Waals surface area contributed by atoms with E-state index in [4.69, 9.17) is 9.47 Å². The lowest BCUT2D eigenvalue weighted by molar-refractivity contribution is 0.104. The van der Waals surface area contributed by atoms with Gasteiger partial charge in [0.15, 0.2) is 5.78 Å². The molecule has 0 spiro atoms. The molecule has 0 unspecified atom stereocenters. The van der Waals surface area contributed by atoms with Gasteiger partial charge in [0, 0.05) is 22.9 Å². The van der Waals surface area contributed by atoms with Crippen molar-refractivity contribution in [3.8, 4) is 22.6 Å². The molecule has 1 saturated heterocycles. The molecule has 0 aromatic heterocycles. The van der Waals surface area contributed by atoms with Gasteiger partial charge >= 0.3 is 0 Å². The van der Waals surface area contributed by atoms with E-state index in [9.17, 15) is 14.0 Å². The number of ketones is 1. The molecule has 5 aromatic carbocycles. The van der Waals surface area contributed by atoms with Crippen molar-refractivity contribution in [2.45, 2.75) is 17.9 Å². The minimum atomic E-state index is -0.501. The molecule has 0 bridgehead atoms. The minimum absolute atomic E-state index is 0.152. The summed E-state index contributed by atoms with van der Waals surface area (Å²) >= 11 is 1.15. The number of thioether (sulfide) groups is 1. The SMILES string of the molecule is COc1ccc([C@@H]2[C@@H](/C=C/C(=O)c3ccc(F)cc3)SC(=O)N2c2ccc(-c3ccccc3)cc2)c(OCc2ccccc2)c1. The van der Waals surface area contributed by atoms with Gasteiger partial charge in [0.1, 0.15) is 23.9 Å². The maximum absolute atomic E-state index is 13.8. The van der Waals surface area contributed by atoms with Gasteiger partial charge < -0.3 is 9.47 Å². The van der Waals surface area contributed by atoms with Gasteiger partial charge in [0.2, 0.25) is 0 Å². The summed E-state index contributed by atoms with van der Waals surface area (Å²) in [6.07, 6.45) is 3.21. The lowest BCUT2D eigenvalue weighted by Crippen LogP contribution is -2.29. The first-order chi connectivity index (χ1) is 22.0. The number of benzene rings is 5. The summed E-state index contributed by atoms with van der Waals surface area (Å²) in [5.74, 6) is 0.510. The maximum Gasteiger partial charge on any atom is 0.287 e. The molecule has 1 fully saturated rings. The van der Waals surface area contributed by atoms with E-state index < -0.39 is 17.1 Å². The third-order valence-corrected chi connectivity index (χ3v) is 8.70. The second-order valence-electron chi connectivity index (χ2n) is 10.5. The number of amides is 1. The second kappa shape index (κ2) is 13.7. The highest BCUT2D eigenvalue weighted by Crippen LogP contribution is 2.48. The summed E-state index contributed by atoms with van der Waals surface area (Å²) in [5.41, 5.74) is 4.98. The quantitative estimate of drug-likeness (QED) is 0.116. The number of carbonyl (C=O) groups is 2. The van der Waals surface area contributed by atoms with E-state index in [1.807, 2.05) is 103 Å². The molecule has 6 rings (SSSR count). The van der Waals surface area contributed by atoms with Crippen molar-refractivity contribution in [1.29, 1.82) is 0 Å². The molecule has 45 heavy (non-hydrogen) atoms. The highest BCUT2D eigenvalue weighted by molar-refractivity contribution is 8.15. The number of rotatable bonds is 10. The molecule has 0 radical (unpaired) electrons. The van der Waals surface area contributed by atoms with Crippen molar-refractivity contribution in [3.63, 3.8) is 0 Å². The molecular weight excluding hydrogens is 585 g/mol. The van der Waals surface area contributed by atoms with Crippen LogP contribution in [0.5, 0.6) is 11.5 Å². The normalized spacial score (nSPS) is 16.2. The van der Waals surface area contributed by atoms with Crippen LogP contribution in [0.1, 0.15) is 27.5 Å². The first-order valence-electron chi connectivity index (χ1n) is 14.5. The number of hydrogen-bond donors (Lipinski definition) is 0. The number of carbonyl (C=O) groups excluding carboxylic acids is 2. The fourth-order valence-corrected chi connectivity index (χ4v) is 6.43. The molecule has 7 heteroatoms. The maximum atomic E-state index is 13.8. The predicted molar refractivity (Wildman–Crippen MR) is 178 cm³/mol. The summed E-state index contributed by atoms with van der Waals surface area (Å²) in [7, 11) is 1.60. The van der Waals surface area contributed by atoms with Crippen LogP contribution in [0.25, 0.3) is 11.1 Å². The molecule has 0 saturated carbocycles. The standard InChI is InChI=1S/C38H30FNO4S/c1-43-32-20-21-33(35(24-32)44-25-26-8-4-2-5-9-26)37-36(23-22-34(41)29-12-16-30(39)17-13-29)45-38(42)40(37)31-18-14-28(15-19-31)27-10-6-3-7-11-27/h2-24,36-37H,25H2,1H3/b23-22+/t36-,37-/m1/s1. The molecule has 1 heterocycles. The molecule has 0 N–H and O–H groups in total. The second-order valence-corrected chi connectivity index (χ2v) is 11.6. The Morgan fingerprint density at radius 1 is 0.844 bits per heavy atom. The zero-order valence-electron chi connectivity index (χ0n) is 24.5. The van der Waals surface area contributed by atoms with Crippen molar-refractivity contribution in [3.05, 3.63) is 162 Å². The topological polar surface area (TPSA) is 55.8 Å². The fraction of sp³-hybridized carbons (Fsp3) is 0.105. The number of nitrogens with zero attached hydrogens (tertiary/aromatic N) is 1. The van der Waals surface area contributed by atoms with Crippen LogP contribution in [-0.2, 0) is 6.61 Å². The number of methoxy groups -OCH3 is 1. The van der Waals surface area contributed by atoms with Crippen LogP contribution in [0.4, 0.5) is 14.9 Å². The Hall–Kier alpha value is -5.14. The van der Waals surface area contributed by atoms with Crippen LogP contribution >= 0.6 is 11.8 Å². The van der Waals surface area contributed by atoms with E-state index in [1.54, 1.807) is 18.1 Å². The summed E-state index contributed by atoms with van der Waals surface area (Å²) < 4.78 is 25.4. The van der Waals surface area contributed by atoms with Crippen LogP contribution in [0.3, 0.4) is 0 Å². The van der Waals surface area contributed by atoms with E-state index in [0.717, 1.165) is 39.7 Å². The van der Waals surface area contributed by atoms with E-state index in [-0.39, 0.29) is 11.0 Å². The van der Waals surface area contributed by atoms with E-state index in [1.165, 1.54) is 30.3 Å². The third kappa shape index (κ3) is 6.84. The van der Waals surface area contributed by atoms with Crippen molar-refractivity contribution in [2.75, 3.05) is 12.0 Å². The summed E-state index contributed by atoms with van der Waals surface area (Å²) in [4.78, 5) is 28.5. The molecule has 1 aliphatic heterocycles. The number of allylic oxidation sites excluding steroid dienone is 1. The van der Waals surface area contributed by atoms with Gasteiger partial charge in [-0.2, -0.15) is 0 Å². The van der Waals surface area contributed by atoms with Crippen LogP contribution < -0.4 is 14.4 Å². The highest BCUT2D eigenvalue weighted by atomic mass is 32.2.